The van der Waals surface area contributed by atoms with Gasteiger partial charge in [0.25, 0.3) is 0 Å². The van der Waals surface area contributed by atoms with Crippen LogP contribution in [0.4, 0.5) is 5.69 Å². The van der Waals surface area contributed by atoms with E-state index in [0.717, 1.165) is 18.7 Å². The number of carboxylic acids is 1. The number of hydrogen-bond acceptors (Lipinski definition) is 2. The van der Waals surface area contributed by atoms with Crippen molar-refractivity contribution in [3.63, 3.8) is 0 Å². The fourth-order valence-corrected chi connectivity index (χ4v) is 1.61. The van der Waals surface area contributed by atoms with Crippen LogP contribution in [-0.2, 0) is 0 Å². The van der Waals surface area contributed by atoms with Crippen LogP contribution >= 0.6 is 11.6 Å². The van der Waals surface area contributed by atoms with Crippen LogP contribution in [0.1, 0.15) is 37.6 Å². The molecular formula is C13H18ClNO2. The Hall–Kier alpha value is -1.22. The average Bonchev–Trinajstić information content (AvgIpc) is 2.18. The van der Waals surface area contributed by atoms with Crippen molar-refractivity contribution < 1.29 is 9.90 Å². The van der Waals surface area contributed by atoms with Gasteiger partial charge in [0.15, 0.2) is 0 Å². The molecule has 1 aromatic rings. The molecule has 0 aliphatic heterocycles. The first-order valence-electron chi connectivity index (χ1n) is 5.56. The van der Waals surface area contributed by atoms with E-state index in [4.69, 9.17) is 16.7 Å². The zero-order valence-electron chi connectivity index (χ0n) is 10.4. The van der Waals surface area contributed by atoms with Crippen molar-refractivity contribution in [2.45, 2.75) is 27.2 Å². The minimum atomic E-state index is -0.965. The highest BCUT2D eigenvalue weighted by Crippen LogP contribution is 2.24. The third-order valence-corrected chi connectivity index (χ3v) is 2.72. The molecule has 0 bridgehead atoms. The van der Waals surface area contributed by atoms with Crippen LogP contribution in [0.2, 0.25) is 5.02 Å². The Morgan fingerprint density at radius 1 is 1.41 bits per heavy atom. The normalized spacial score (nSPS) is 11.3. The second-order valence-electron chi connectivity index (χ2n) is 5.24. The molecule has 1 rings (SSSR count). The number of aromatic carboxylic acids is 1. The van der Waals surface area contributed by atoms with Gasteiger partial charge >= 0.3 is 5.97 Å². The third-order valence-electron chi connectivity index (χ3n) is 2.41. The van der Waals surface area contributed by atoms with Crippen molar-refractivity contribution in [3.05, 3.63) is 28.8 Å². The Kier molecular flexibility index (Phi) is 4.40. The standard InChI is InChI=1S/C13H18ClNO2/c1-13(2,3)6-7-15-11-5-4-9(12(16)17)8-10(11)14/h4-5,8,15H,6-7H2,1-3H3,(H,16,17). The molecule has 0 spiro atoms. The maximum absolute atomic E-state index is 10.7. The Balaban J connectivity index is 2.64. The molecule has 1 aromatic carbocycles. The number of hydrogen-bond donors (Lipinski definition) is 2. The van der Waals surface area contributed by atoms with Gasteiger partial charge in [0, 0.05) is 6.54 Å². The molecule has 0 unspecified atom stereocenters. The van der Waals surface area contributed by atoms with Crippen molar-refractivity contribution in [1.29, 1.82) is 0 Å². The molecule has 0 saturated heterocycles. The number of carbonyl (C=O) groups is 1. The Morgan fingerprint density at radius 3 is 2.53 bits per heavy atom. The number of rotatable bonds is 4. The first kappa shape index (κ1) is 13.8. The highest BCUT2D eigenvalue weighted by molar-refractivity contribution is 6.33. The Bertz CT molecular complexity index is 410. The summed E-state index contributed by atoms with van der Waals surface area (Å²) < 4.78 is 0. The lowest BCUT2D eigenvalue weighted by Crippen LogP contribution is -2.13. The topological polar surface area (TPSA) is 49.3 Å². The van der Waals surface area contributed by atoms with Crippen LogP contribution in [-0.4, -0.2) is 17.6 Å². The second-order valence-corrected chi connectivity index (χ2v) is 5.64. The summed E-state index contributed by atoms with van der Waals surface area (Å²) in [7, 11) is 0. The SMILES string of the molecule is CC(C)(C)CCNc1ccc(C(=O)O)cc1Cl. The monoisotopic (exact) mass is 255 g/mol. The molecule has 0 saturated carbocycles. The molecule has 0 aliphatic rings. The van der Waals surface area contributed by atoms with E-state index in [1.807, 2.05) is 0 Å². The highest BCUT2D eigenvalue weighted by Gasteiger charge is 2.10. The molecule has 0 aliphatic carbocycles. The van der Waals surface area contributed by atoms with Crippen molar-refractivity contribution >= 4 is 23.3 Å². The van der Waals surface area contributed by atoms with Crippen LogP contribution in [0.15, 0.2) is 18.2 Å². The highest BCUT2D eigenvalue weighted by atomic mass is 35.5. The Morgan fingerprint density at radius 2 is 2.06 bits per heavy atom. The molecule has 3 nitrogen and oxygen atoms in total. The number of benzene rings is 1. The summed E-state index contributed by atoms with van der Waals surface area (Å²) in [5.41, 5.74) is 1.25. The number of halogens is 1. The predicted octanol–water partition coefficient (Wildman–Crippen LogP) is 3.89. The fourth-order valence-electron chi connectivity index (χ4n) is 1.36. The predicted molar refractivity (Wildman–Crippen MR) is 71.0 cm³/mol. The van der Waals surface area contributed by atoms with Crippen molar-refractivity contribution in [1.82, 2.24) is 0 Å². The maximum Gasteiger partial charge on any atom is 0.335 e. The van der Waals surface area contributed by atoms with E-state index in [0.29, 0.717) is 5.02 Å². The first-order valence-corrected chi connectivity index (χ1v) is 5.94. The van der Waals surface area contributed by atoms with Crippen molar-refractivity contribution in [2.75, 3.05) is 11.9 Å². The zero-order chi connectivity index (χ0) is 13.1. The smallest absolute Gasteiger partial charge is 0.335 e. The third kappa shape index (κ3) is 4.65. The van der Waals surface area contributed by atoms with E-state index in [9.17, 15) is 4.79 Å². The van der Waals surface area contributed by atoms with E-state index in [-0.39, 0.29) is 11.0 Å². The fraction of sp³-hybridized carbons (Fsp3) is 0.462. The number of carboxylic acid groups (broad SMARTS) is 1. The first-order chi connectivity index (χ1) is 7.79. The van der Waals surface area contributed by atoms with Crippen LogP contribution in [0.25, 0.3) is 0 Å². The minimum absolute atomic E-state index is 0.205. The van der Waals surface area contributed by atoms with Gasteiger partial charge in [-0.25, -0.2) is 4.79 Å². The van der Waals surface area contributed by atoms with Gasteiger partial charge in [-0.05, 0) is 30.0 Å². The summed E-state index contributed by atoms with van der Waals surface area (Å²) in [6, 6.07) is 4.71. The molecule has 0 amide bonds. The van der Waals surface area contributed by atoms with E-state index in [1.165, 1.54) is 6.07 Å². The quantitative estimate of drug-likeness (QED) is 0.858. The van der Waals surface area contributed by atoms with E-state index < -0.39 is 5.97 Å². The van der Waals surface area contributed by atoms with Gasteiger partial charge in [-0.3, -0.25) is 0 Å². The minimum Gasteiger partial charge on any atom is -0.478 e. The Labute approximate surface area is 107 Å². The van der Waals surface area contributed by atoms with Crippen LogP contribution in [0.3, 0.4) is 0 Å². The van der Waals surface area contributed by atoms with Gasteiger partial charge in [0.05, 0.1) is 16.3 Å². The summed E-state index contributed by atoms with van der Waals surface area (Å²) in [6.07, 6.45) is 1.02. The molecule has 4 heteroatoms. The van der Waals surface area contributed by atoms with Gasteiger partial charge in [0.1, 0.15) is 0 Å². The van der Waals surface area contributed by atoms with Gasteiger partial charge < -0.3 is 10.4 Å². The van der Waals surface area contributed by atoms with E-state index in [2.05, 4.69) is 26.1 Å². The average molecular weight is 256 g/mol. The summed E-state index contributed by atoms with van der Waals surface area (Å²) in [4.78, 5) is 10.7. The molecule has 2 N–H and O–H groups in total. The van der Waals surface area contributed by atoms with Crippen molar-refractivity contribution in [2.24, 2.45) is 5.41 Å². The summed E-state index contributed by atoms with van der Waals surface area (Å²) >= 11 is 6.00. The summed E-state index contributed by atoms with van der Waals surface area (Å²) in [6.45, 7) is 7.33. The van der Waals surface area contributed by atoms with Crippen LogP contribution < -0.4 is 5.32 Å². The molecule has 0 heterocycles. The van der Waals surface area contributed by atoms with E-state index in [1.54, 1.807) is 12.1 Å². The number of nitrogens with one attached hydrogen (secondary N) is 1. The molecule has 0 radical (unpaired) electrons. The van der Waals surface area contributed by atoms with Crippen molar-refractivity contribution in [3.8, 4) is 0 Å². The van der Waals surface area contributed by atoms with Gasteiger partial charge in [-0.2, -0.15) is 0 Å². The van der Waals surface area contributed by atoms with Gasteiger partial charge in [0.2, 0.25) is 0 Å². The lowest BCUT2D eigenvalue weighted by Gasteiger charge is -2.19. The summed E-state index contributed by atoms with van der Waals surface area (Å²) in [5.74, 6) is -0.965. The molecule has 17 heavy (non-hydrogen) atoms. The molecule has 0 atom stereocenters. The number of anilines is 1. The van der Waals surface area contributed by atoms with Gasteiger partial charge in [-0.15, -0.1) is 0 Å². The van der Waals surface area contributed by atoms with Crippen LogP contribution in [0.5, 0.6) is 0 Å². The molecule has 0 fully saturated rings. The second kappa shape index (κ2) is 5.41. The van der Waals surface area contributed by atoms with Crippen LogP contribution in [0, 0.1) is 5.41 Å². The zero-order valence-corrected chi connectivity index (χ0v) is 11.1. The largest absolute Gasteiger partial charge is 0.478 e. The van der Waals surface area contributed by atoms with Gasteiger partial charge in [-0.1, -0.05) is 32.4 Å². The maximum atomic E-state index is 10.7. The lowest BCUT2D eigenvalue weighted by molar-refractivity contribution is 0.0697. The molecule has 0 aromatic heterocycles. The summed E-state index contributed by atoms with van der Waals surface area (Å²) in [5, 5.41) is 12.5. The molecular weight excluding hydrogens is 238 g/mol. The molecule has 94 valence electrons. The van der Waals surface area contributed by atoms with E-state index >= 15 is 0 Å². The lowest BCUT2D eigenvalue weighted by atomic mass is 9.92.